The van der Waals surface area contributed by atoms with Gasteiger partial charge in [0.15, 0.2) is 0 Å². The number of methoxy groups -OCH3 is 1. The number of amides is 2. The summed E-state index contributed by atoms with van der Waals surface area (Å²) in [5, 5.41) is 3.55. The molecule has 4 aromatic rings. The SMILES string of the molecule is CCCNC(=O)[C@H](Cc1ccccc1)N(Cc1ccc(Cl)cc1Cl)C(=O)CN(c1ccc(F)cc1)S(=O)(=O)c1ccc(OC)cc1. The Bertz CT molecular complexity index is 1740. The maximum absolute atomic E-state index is 14.4. The van der Waals surface area contributed by atoms with Crippen LogP contribution in [-0.2, 0) is 32.6 Å². The quantitative estimate of drug-likeness (QED) is 0.163. The molecule has 0 aliphatic rings. The Morgan fingerprint density at radius 3 is 2.22 bits per heavy atom. The van der Waals surface area contributed by atoms with Crippen molar-refractivity contribution in [2.45, 2.75) is 37.2 Å². The molecule has 4 rings (SSSR count). The van der Waals surface area contributed by atoms with E-state index < -0.39 is 40.2 Å². The van der Waals surface area contributed by atoms with Crippen molar-refractivity contribution < 1.29 is 27.1 Å². The first-order chi connectivity index (χ1) is 22.0. The van der Waals surface area contributed by atoms with Crippen LogP contribution in [0.1, 0.15) is 24.5 Å². The molecule has 0 radical (unpaired) electrons. The molecule has 0 unspecified atom stereocenters. The average molecular weight is 687 g/mol. The van der Waals surface area contributed by atoms with Gasteiger partial charge in [0, 0.05) is 29.6 Å². The van der Waals surface area contributed by atoms with Crippen LogP contribution in [0.5, 0.6) is 5.75 Å². The molecule has 1 N–H and O–H groups in total. The molecular weight excluding hydrogens is 652 g/mol. The van der Waals surface area contributed by atoms with Gasteiger partial charge in [-0.2, -0.15) is 0 Å². The van der Waals surface area contributed by atoms with Gasteiger partial charge < -0.3 is 15.0 Å². The van der Waals surface area contributed by atoms with Gasteiger partial charge in [-0.3, -0.25) is 13.9 Å². The standard InChI is InChI=1S/C34H34Cl2FN3O5S/c1-3-19-38-34(42)32(20-24-7-5-4-6-8-24)39(22-25-9-10-26(35)21-31(25)36)33(41)23-40(28-13-11-27(37)12-14-28)46(43,44)30-17-15-29(45-2)16-18-30/h4-18,21,32H,3,19-20,22-23H2,1-2H3,(H,38,42)/t32-/m0/s1. The van der Waals surface area contributed by atoms with Crippen LogP contribution in [0.15, 0.2) is 102 Å². The summed E-state index contributed by atoms with van der Waals surface area (Å²) in [5.41, 5.74) is 1.36. The van der Waals surface area contributed by atoms with E-state index in [0.29, 0.717) is 29.3 Å². The molecule has 0 bridgehead atoms. The molecule has 0 aromatic heterocycles. The Morgan fingerprint density at radius 2 is 1.61 bits per heavy atom. The normalized spacial score (nSPS) is 11.8. The van der Waals surface area contributed by atoms with Crippen molar-refractivity contribution in [1.29, 1.82) is 0 Å². The van der Waals surface area contributed by atoms with E-state index in [9.17, 15) is 22.4 Å². The van der Waals surface area contributed by atoms with Crippen LogP contribution in [-0.4, -0.2) is 51.4 Å². The van der Waals surface area contributed by atoms with E-state index in [4.69, 9.17) is 27.9 Å². The molecule has 0 fully saturated rings. The Kier molecular flexibility index (Phi) is 12.0. The lowest BCUT2D eigenvalue weighted by Gasteiger charge is -2.34. The van der Waals surface area contributed by atoms with E-state index in [2.05, 4.69) is 5.32 Å². The summed E-state index contributed by atoms with van der Waals surface area (Å²) in [4.78, 5) is 29.4. The van der Waals surface area contributed by atoms with Crippen molar-refractivity contribution in [3.8, 4) is 5.75 Å². The topological polar surface area (TPSA) is 96.0 Å². The molecule has 8 nitrogen and oxygen atoms in total. The number of nitrogens with zero attached hydrogens (tertiary/aromatic N) is 2. The van der Waals surface area contributed by atoms with Crippen molar-refractivity contribution in [2.75, 3.05) is 24.5 Å². The summed E-state index contributed by atoms with van der Waals surface area (Å²) in [7, 11) is -2.91. The van der Waals surface area contributed by atoms with Crippen LogP contribution in [0.25, 0.3) is 0 Å². The minimum atomic E-state index is -4.36. The van der Waals surface area contributed by atoms with Crippen molar-refractivity contribution in [1.82, 2.24) is 10.2 Å². The van der Waals surface area contributed by atoms with Gasteiger partial charge >= 0.3 is 0 Å². The minimum absolute atomic E-state index is 0.0603. The van der Waals surface area contributed by atoms with Gasteiger partial charge in [0.1, 0.15) is 24.2 Å². The smallest absolute Gasteiger partial charge is 0.264 e. The zero-order valence-corrected chi connectivity index (χ0v) is 27.7. The largest absolute Gasteiger partial charge is 0.497 e. The van der Waals surface area contributed by atoms with E-state index in [0.717, 1.165) is 22.0 Å². The summed E-state index contributed by atoms with van der Waals surface area (Å²) in [6, 6.07) is 23.4. The first-order valence-corrected chi connectivity index (χ1v) is 16.7. The van der Waals surface area contributed by atoms with Crippen LogP contribution in [0.3, 0.4) is 0 Å². The Morgan fingerprint density at radius 1 is 0.935 bits per heavy atom. The highest BCUT2D eigenvalue weighted by atomic mass is 35.5. The predicted octanol–water partition coefficient (Wildman–Crippen LogP) is 6.50. The van der Waals surface area contributed by atoms with Crippen LogP contribution >= 0.6 is 23.2 Å². The van der Waals surface area contributed by atoms with Gasteiger partial charge in [0.05, 0.1) is 17.7 Å². The monoisotopic (exact) mass is 685 g/mol. The molecule has 4 aromatic carbocycles. The van der Waals surface area contributed by atoms with Gasteiger partial charge in [0.25, 0.3) is 10.0 Å². The lowest BCUT2D eigenvalue weighted by molar-refractivity contribution is -0.140. The Labute approximate surface area is 278 Å². The molecule has 0 aliphatic carbocycles. The highest BCUT2D eigenvalue weighted by Gasteiger charge is 2.35. The number of sulfonamides is 1. The van der Waals surface area contributed by atoms with Crippen LogP contribution < -0.4 is 14.4 Å². The summed E-state index contributed by atoms with van der Waals surface area (Å²) in [6.07, 6.45) is 0.814. The number of carbonyl (C=O) groups excluding carboxylic acids is 2. The third kappa shape index (κ3) is 8.78. The Hall–Kier alpha value is -4.12. The molecular formula is C34H34Cl2FN3O5S. The zero-order chi connectivity index (χ0) is 33.3. The highest BCUT2D eigenvalue weighted by Crippen LogP contribution is 2.28. The molecule has 0 saturated heterocycles. The van der Waals surface area contributed by atoms with Gasteiger partial charge in [-0.15, -0.1) is 0 Å². The Balaban J connectivity index is 1.81. The predicted molar refractivity (Wildman–Crippen MR) is 178 cm³/mol. The van der Waals surface area contributed by atoms with E-state index in [1.165, 1.54) is 54.5 Å². The fourth-order valence-electron chi connectivity index (χ4n) is 4.76. The lowest BCUT2D eigenvalue weighted by atomic mass is 10.0. The maximum Gasteiger partial charge on any atom is 0.264 e. The molecule has 0 aliphatic heterocycles. The van der Waals surface area contributed by atoms with Crippen LogP contribution in [0.4, 0.5) is 10.1 Å². The number of benzene rings is 4. The van der Waals surface area contributed by atoms with Gasteiger partial charge in [-0.05, 0) is 78.2 Å². The number of halogens is 3. The molecule has 0 spiro atoms. The number of anilines is 1. The molecule has 0 heterocycles. The van der Waals surface area contributed by atoms with Crippen molar-refractivity contribution in [3.05, 3.63) is 124 Å². The number of hydrogen-bond acceptors (Lipinski definition) is 5. The summed E-state index contributed by atoms with van der Waals surface area (Å²) in [5.74, 6) is -1.22. The molecule has 242 valence electrons. The highest BCUT2D eigenvalue weighted by molar-refractivity contribution is 7.92. The van der Waals surface area contributed by atoms with Gasteiger partial charge in [0.2, 0.25) is 11.8 Å². The van der Waals surface area contributed by atoms with Crippen LogP contribution in [0, 0.1) is 5.82 Å². The zero-order valence-electron chi connectivity index (χ0n) is 25.3. The second-order valence-electron chi connectivity index (χ2n) is 10.4. The number of carbonyl (C=O) groups is 2. The molecule has 2 amide bonds. The fraction of sp³-hybridized carbons (Fsp3) is 0.235. The maximum atomic E-state index is 14.4. The first kappa shape index (κ1) is 34.7. The second-order valence-corrected chi connectivity index (χ2v) is 13.1. The third-order valence-corrected chi connectivity index (χ3v) is 9.59. The van der Waals surface area contributed by atoms with Gasteiger partial charge in [-0.25, -0.2) is 12.8 Å². The second kappa shape index (κ2) is 15.9. The van der Waals surface area contributed by atoms with Crippen molar-refractivity contribution in [3.63, 3.8) is 0 Å². The van der Waals surface area contributed by atoms with Crippen molar-refractivity contribution >= 4 is 50.7 Å². The van der Waals surface area contributed by atoms with E-state index >= 15 is 0 Å². The minimum Gasteiger partial charge on any atom is -0.497 e. The van der Waals surface area contributed by atoms with E-state index in [-0.39, 0.29) is 28.6 Å². The van der Waals surface area contributed by atoms with E-state index in [1.54, 1.807) is 12.1 Å². The molecule has 46 heavy (non-hydrogen) atoms. The number of nitrogens with one attached hydrogen (secondary N) is 1. The molecule has 0 saturated carbocycles. The third-order valence-electron chi connectivity index (χ3n) is 7.22. The van der Waals surface area contributed by atoms with Crippen LogP contribution in [0.2, 0.25) is 10.0 Å². The first-order valence-electron chi connectivity index (χ1n) is 14.5. The summed E-state index contributed by atoms with van der Waals surface area (Å²) < 4.78 is 48.1. The number of hydrogen-bond donors (Lipinski definition) is 1. The number of ether oxygens (including phenoxy) is 1. The fourth-order valence-corrected chi connectivity index (χ4v) is 6.65. The van der Waals surface area contributed by atoms with Crippen molar-refractivity contribution in [2.24, 2.45) is 0 Å². The lowest BCUT2D eigenvalue weighted by Crippen LogP contribution is -2.53. The van der Waals surface area contributed by atoms with E-state index in [1.807, 2.05) is 37.3 Å². The summed E-state index contributed by atoms with van der Waals surface area (Å²) in [6.45, 7) is 1.47. The number of rotatable bonds is 14. The molecule has 12 heteroatoms. The van der Waals surface area contributed by atoms with Gasteiger partial charge in [-0.1, -0.05) is 66.5 Å². The summed E-state index contributed by atoms with van der Waals surface area (Å²) >= 11 is 12.7. The average Bonchev–Trinajstić information content (AvgIpc) is 3.05. The molecule has 1 atom stereocenters.